The fourth-order valence-corrected chi connectivity index (χ4v) is 8.13. The summed E-state index contributed by atoms with van der Waals surface area (Å²) >= 11 is 10.3. The van der Waals surface area contributed by atoms with Crippen LogP contribution in [0.3, 0.4) is 0 Å². The van der Waals surface area contributed by atoms with Crippen LogP contribution in [-0.2, 0) is 14.8 Å². The Labute approximate surface area is 190 Å². The van der Waals surface area contributed by atoms with E-state index in [0.717, 1.165) is 56.4 Å². The lowest BCUT2D eigenvalue weighted by Crippen LogP contribution is -2.54. The molecule has 162 valence electrons. The van der Waals surface area contributed by atoms with Crippen LogP contribution in [0.2, 0.25) is 4.34 Å². The van der Waals surface area contributed by atoms with Crippen molar-refractivity contribution in [3.05, 3.63) is 14.9 Å². The maximum absolute atomic E-state index is 12.9. The van der Waals surface area contributed by atoms with Crippen molar-refractivity contribution in [1.82, 2.24) is 14.5 Å². The predicted molar refractivity (Wildman–Crippen MR) is 119 cm³/mol. The third-order valence-corrected chi connectivity index (χ3v) is 11.0. The molecule has 1 N–H and O–H groups in total. The predicted octanol–water partition coefficient (Wildman–Crippen LogP) is 3.70. The number of hydrogen-bond acceptors (Lipinski definition) is 5. The van der Waals surface area contributed by atoms with Gasteiger partial charge in [0.15, 0.2) is 0 Å². The molecule has 2 saturated carbocycles. The van der Waals surface area contributed by atoms with Gasteiger partial charge in [0.1, 0.15) is 8.55 Å². The molecule has 1 amide bonds. The number of carbonyl (C=O) groups excluding carboxylic acids is 1. The van der Waals surface area contributed by atoms with Crippen LogP contribution in [0.25, 0.3) is 0 Å². The van der Waals surface area contributed by atoms with Crippen LogP contribution in [0.4, 0.5) is 0 Å². The number of nitrogens with zero attached hydrogens (tertiary/aromatic N) is 2. The number of hydrogen-bond donors (Lipinski definition) is 1. The zero-order valence-electron chi connectivity index (χ0n) is 16.3. The summed E-state index contributed by atoms with van der Waals surface area (Å²) in [5.74, 6) is 0.282. The number of halogens is 2. The SMILES string of the molecule is O=C(C1CCC(NS(=O)(=O)c2cc(Br)c(Cl)s2)CC1)N1CCN(C2CCC2)CC1. The van der Waals surface area contributed by atoms with E-state index in [1.807, 2.05) is 4.90 Å². The standard InChI is InChI=1S/C19H27BrClN3O3S2/c20-16-12-17(28-18(16)21)29(26,27)22-14-6-4-13(5-7-14)19(25)24-10-8-23(9-11-24)15-2-1-3-15/h12-15,22H,1-11H2. The molecule has 2 heterocycles. The first-order valence-corrected chi connectivity index (χ1v) is 13.8. The van der Waals surface area contributed by atoms with E-state index >= 15 is 0 Å². The molecular weight excluding hydrogens is 498 g/mol. The minimum absolute atomic E-state index is 0.0244. The van der Waals surface area contributed by atoms with E-state index in [2.05, 4.69) is 25.6 Å². The molecule has 3 aliphatic rings. The molecule has 1 aliphatic heterocycles. The maximum atomic E-state index is 12.9. The normalized spacial score (nSPS) is 27.0. The largest absolute Gasteiger partial charge is 0.340 e. The zero-order chi connectivity index (χ0) is 20.6. The highest BCUT2D eigenvalue weighted by Crippen LogP contribution is 2.35. The van der Waals surface area contributed by atoms with Crippen molar-refractivity contribution in [2.24, 2.45) is 5.92 Å². The molecule has 0 spiro atoms. The average Bonchev–Trinajstić information content (AvgIpc) is 3.00. The van der Waals surface area contributed by atoms with Gasteiger partial charge in [0.25, 0.3) is 0 Å². The molecule has 6 nitrogen and oxygen atoms in total. The molecule has 0 radical (unpaired) electrons. The Morgan fingerprint density at radius 2 is 1.76 bits per heavy atom. The third kappa shape index (κ3) is 5.01. The van der Waals surface area contributed by atoms with Gasteiger partial charge in [0.05, 0.1) is 0 Å². The summed E-state index contributed by atoms with van der Waals surface area (Å²) in [6.07, 6.45) is 6.82. The third-order valence-electron chi connectivity index (χ3n) is 6.50. The highest BCUT2D eigenvalue weighted by Gasteiger charge is 2.34. The molecule has 29 heavy (non-hydrogen) atoms. The van der Waals surface area contributed by atoms with Crippen molar-refractivity contribution < 1.29 is 13.2 Å². The summed E-state index contributed by atoms with van der Waals surface area (Å²) in [7, 11) is -3.58. The lowest BCUT2D eigenvalue weighted by Gasteiger charge is -2.44. The Hall–Kier alpha value is -0.190. The summed E-state index contributed by atoms with van der Waals surface area (Å²) in [4.78, 5) is 17.5. The number of thiophene rings is 1. The van der Waals surface area contributed by atoms with Gasteiger partial charge < -0.3 is 4.90 Å². The molecule has 4 rings (SSSR count). The number of piperazine rings is 1. The van der Waals surface area contributed by atoms with E-state index in [9.17, 15) is 13.2 Å². The molecule has 0 atom stereocenters. The number of rotatable bonds is 5. The average molecular weight is 525 g/mol. The number of carbonyl (C=O) groups is 1. The van der Waals surface area contributed by atoms with Gasteiger partial charge in [-0.2, -0.15) is 0 Å². The van der Waals surface area contributed by atoms with Gasteiger partial charge in [0.2, 0.25) is 15.9 Å². The van der Waals surface area contributed by atoms with Crippen molar-refractivity contribution in [3.8, 4) is 0 Å². The van der Waals surface area contributed by atoms with E-state index in [0.29, 0.717) is 21.7 Å². The molecule has 1 aromatic heterocycles. The molecule has 0 aromatic carbocycles. The first-order chi connectivity index (χ1) is 13.8. The van der Waals surface area contributed by atoms with Gasteiger partial charge in [0, 0.05) is 48.7 Å². The molecule has 1 saturated heterocycles. The first-order valence-electron chi connectivity index (χ1n) is 10.3. The van der Waals surface area contributed by atoms with Crippen LogP contribution >= 0.6 is 38.9 Å². The van der Waals surface area contributed by atoms with E-state index in [-0.39, 0.29) is 22.1 Å². The Bertz CT molecular complexity index is 823. The van der Waals surface area contributed by atoms with Gasteiger partial charge in [-0.15, -0.1) is 11.3 Å². The number of nitrogens with one attached hydrogen (secondary N) is 1. The molecule has 0 unspecified atom stereocenters. The van der Waals surface area contributed by atoms with Gasteiger partial charge in [-0.25, -0.2) is 13.1 Å². The van der Waals surface area contributed by atoms with Crippen LogP contribution in [0.5, 0.6) is 0 Å². The molecule has 0 bridgehead atoms. The highest BCUT2D eigenvalue weighted by molar-refractivity contribution is 9.10. The summed E-state index contributed by atoms with van der Waals surface area (Å²) < 4.78 is 29.2. The fourth-order valence-electron chi connectivity index (χ4n) is 4.51. The lowest BCUT2D eigenvalue weighted by atomic mass is 9.85. The first kappa shape index (κ1) is 22.0. The summed E-state index contributed by atoms with van der Waals surface area (Å²) in [5, 5.41) is 0. The smallest absolute Gasteiger partial charge is 0.250 e. The van der Waals surface area contributed by atoms with Gasteiger partial charge in [-0.1, -0.05) is 18.0 Å². The topological polar surface area (TPSA) is 69.7 Å². The second-order valence-electron chi connectivity index (χ2n) is 8.30. The van der Waals surface area contributed by atoms with Gasteiger partial charge >= 0.3 is 0 Å². The lowest BCUT2D eigenvalue weighted by molar-refractivity contribution is -0.139. The fraction of sp³-hybridized carbons (Fsp3) is 0.737. The van der Waals surface area contributed by atoms with Crippen LogP contribution < -0.4 is 4.72 Å². The van der Waals surface area contributed by atoms with Crippen molar-refractivity contribution in [2.45, 2.75) is 61.2 Å². The van der Waals surface area contributed by atoms with Gasteiger partial charge in [-0.3, -0.25) is 9.69 Å². The summed E-state index contributed by atoms with van der Waals surface area (Å²) in [5.41, 5.74) is 0. The Morgan fingerprint density at radius 3 is 2.28 bits per heavy atom. The minimum atomic E-state index is -3.58. The zero-order valence-corrected chi connectivity index (χ0v) is 20.3. The summed E-state index contributed by atoms with van der Waals surface area (Å²) in [6.45, 7) is 3.64. The van der Waals surface area contributed by atoms with E-state index < -0.39 is 10.0 Å². The van der Waals surface area contributed by atoms with Crippen molar-refractivity contribution in [2.75, 3.05) is 26.2 Å². The quantitative estimate of drug-likeness (QED) is 0.638. The molecular formula is C19H27BrClN3O3S2. The minimum Gasteiger partial charge on any atom is -0.340 e. The van der Waals surface area contributed by atoms with E-state index in [1.54, 1.807) is 0 Å². The Morgan fingerprint density at radius 1 is 1.10 bits per heavy atom. The van der Waals surface area contributed by atoms with Crippen LogP contribution in [0.15, 0.2) is 14.7 Å². The monoisotopic (exact) mass is 523 g/mol. The number of amides is 1. The van der Waals surface area contributed by atoms with Crippen molar-refractivity contribution in [1.29, 1.82) is 0 Å². The molecule has 2 aliphatic carbocycles. The second-order valence-corrected chi connectivity index (χ2v) is 12.8. The van der Waals surface area contributed by atoms with E-state index in [1.165, 1.54) is 25.3 Å². The Kier molecular flexibility index (Phi) is 6.93. The van der Waals surface area contributed by atoms with Gasteiger partial charge in [-0.05, 0) is 60.5 Å². The van der Waals surface area contributed by atoms with E-state index in [4.69, 9.17) is 11.6 Å². The maximum Gasteiger partial charge on any atom is 0.250 e. The number of sulfonamides is 1. The molecule has 10 heteroatoms. The summed E-state index contributed by atoms with van der Waals surface area (Å²) in [6, 6.07) is 2.15. The molecule has 1 aromatic rings. The molecule has 3 fully saturated rings. The van der Waals surface area contributed by atoms with Crippen molar-refractivity contribution >= 4 is 54.8 Å². The van der Waals surface area contributed by atoms with Crippen molar-refractivity contribution in [3.63, 3.8) is 0 Å². The Balaban J connectivity index is 1.25. The van der Waals surface area contributed by atoms with Crippen LogP contribution in [0.1, 0.15) is 44.9 Å². The van der Waals surface area contributed by atoms with Crippen LogP contribution in [-0.4, -0.2) is 62.4 Å². The van der Waals surface area contributed by atoms with Crippen LogP contribution in [0, 0.1) is 5.92 Å². The highest BCUT2D eigenvalue weighted by atomic mass is 79.9. The second kappa shape index (κ2) is 9.12.